The van der Waals surface area contributed by atoms with Gasteiger partial charge in [-0.2, -0.15) is 0 Å². The van der Waals surface area contributed by atoms with Crippen LogP contribution >= 0.6 is 0 Å². The van der Waals surface area contributed by atoms with E-state index in [9.17, 15) is 14.4 Å². The van der Waals surface area contributed by atoms with Crippen LogP contribution in [0, 0.1) is 12.3 Å². The molecule has 0 saturated heterocycles. The number of hydrogen-bond acceptors (Lipinski definition) is 5. The first-order valence-electron chi connectivity index (χ1n) is 8.20. The lowest BCUT2D eigenvalue weighted by molar-refractivity contribution is -0.152. The lowest BCUT2D eigenvalue weighted by Crippen LogP contribution is -2.41. The Kier molecular flexibility index (Phi) is 4.20. The monoisotopic (exact) mass is 330 g/mol. The van der Waals surface area contributed by atoms with Crippen molar-refractivity contribution in [1.82, 2.24) is 0 Å². The van der Waals surface area contributed by atoms with Crippen LogP contribution in [0.3, 0.4) is 0 Å². The zero-order valence-electron chi connectivity index (χ0n) is 14.3. The standard InChI is InChI=1S/C19H22O5/c1-11-5-4-6-13-14-8-7-12(20)9-19(14,10-15(21)23-2)17(16(11)13)18(22)24-3/h4-6,14,17H,7-10H2,1-3H3/t14-,17?,19-/m1/s1. The van der Waals surface area contributed by atoms with E-state index >= 15 is 0 Å². The Morgan fingerprint density at radius 1 is 1.25 bits per heavy atom. The fourth-order valence-corrected chi connectivity index (χ4v) is 4.73. The molecule has 1 fully saturated rings. The van der Waals surface area contributed by atoms with E-state index in [1.54, 1.807) is 0 Å². The summed E-state index contributed by atoms with van der Waals surface area (Å²) in [6.07, 6.45) is 1.39. The predicted molar refractivity (Wildman–Crippen MR) is 86.6 cm³/mol. The molecule has 5 heteroatoms. The Hall–Kier alpha value is -2.17. The van der Waals surface area contributed by atoms with E-state index < -0.39 is 17.3 Å². The van der Waals surface area contributed by atoms with Gasteiger partial charge in [-0.25, -0.2) is 0 Å². The summed E-state index contributed by atoms with van der Waals surface area (Å²) in [6, 6.07) is 5.94. The van der Waals surface area contributed by atoms with E-state index in [1.165, 1.54) is 14.2 Å². The van der Waals surface area contributed by atoms with E-state index in [-0.39, 0.29) is 30.5 Å². The molecule has 5 nitrogen and oxygen atoms in total. The summed E-state index contributed by atoms with van der Waals surface area (Å²) >= 11 is 0. The molecular weight excluding hydrogens is 308 g/mol. The highest BCUT2D eigenvalue weighted by atomic mass is 16.5. The number of aryl methyl sites for hydroxylation is 1. The highest BCUT2D eigenvalue weighted by molar-refractivity contribution is 5.89. The van der Waals surface area contributed by atoms with Crippen molar-refractivity contribution in [2.24, 2.45) is 5.41 Å². The zero-order chi connectivity index (χ0) is 17.5. The van der Waals surface area contributed by atoms with Gasteiger partial charge in [-0.1, -0.05) is 18.2 Å². The molecule has 24 heavy (non-hydrogen) atoms. The number of hydrogen-bond donors (Lipinski definition) is 0. The highest BCUT2D eigenvalue weighted by Gasteiger charge is 2.60. The fraction of sp³-hybridized carbons (Fsp3) is 0.526. The van der Waals surface area contributed by atoms with Crippen molar-refractivity contribution >= 4 is 17.7 Å². The van der Waals surface area contributed by atoms with Crippen LogP contribution in [0.25, 0.3) is 0 Å². The number of rotatable bonds is 3. The van der Waals surface area contributed by atoms with Crippen LogP contribution in [0.2, 0.25) is 0 Å². The van der Waals surface area contributed by atoms with Gasteiger partial charge in [0.05, 0.1) is 26.6 Å². The summed E-state index contributed by atoms with van der Waals surface area (Å²) in [5.41, 5.74) is 2.22. The molecule has 0 N–H and O–H groups in total. The lowest BCUT2D eigenvalue weighted by Gasteiger charge is -2.41. The van der Waals surface area contributed by atoms with Crippen molar-refractivity contribution in [2.75, 3.05) is 14.2 Å². The van der Waals surface area contributed by atoms with Crippen molar-refractivity contribution in [3.05, 3.63) is 34.9 Å². The third kappa shape index (κ3) is 2.34. The summed E-state index contributed by atoms with van der Waals surface area (Å²) in [5.74, 6) is -1.30. The number of carbonyl (C=O) groups is 3. The van der Waals surface area contributed by atoms with Gasteiger partial charge in [0.15, 0.2) is 0 Å². The third-order valence-corrected chi connectivity index (χ3v) is 5.67. The molecule has 1 saturated carbocycles. The van der Waals surface area contributed by atoms with Crippen LogP contribution in [0.4, 0.5) is 0 Å². The van der Waals surface area contributed by atoms with Gasteiger partial charge in [0.1, 0.15) is 5.78 Å². The fourth-order valence-electron chi connectivity index (χ4n) is 4.73. The molecule has 0 aromatic heterocycles. The third-order valence-electron chi connectivity index (χ3n) is 5.67. The van der Waals surface area contributed by atoms with E-state index in [0.717, 1.165) is 16.7 Å². The molecule has 2 aliphatic carbocycles. The Bertz CT molecular complexity index is 708. The Balaban J connectivity index is 2.22. The summed E-state index contributed by atoms with van der Waals surface area (Å²) < 4.78 is 9.95. The Labute approximate surface area is 141 Å². The van der Waals surface area contributed by atoms with Gasteiger partial charge in [-0.15, -0.1) is 0 Å². The molecule has 1 aromatic rings. The van der Waals surface area contributed by atoms with Crippen molar-refractivity contribution in [3.8, 4) is 0 Å². The van der Waals surface area contributed by atoms with Gasteiger partial charge in [0.25, 0.3) is 0 Å². The molecule has 0 aliphatic heterocycles. The number of benzene rings is 1. The lowest BCUT2D eigenvalue weighted by atomic mass is 9.60. The Morgan fingerprint density at radius 2 is 2.00 bits per heavy atom. The number of carbonyl (C=O) groups excluding carboxylic acids is 3. The van der Waals surface area contributed by atoms with E-state index in [0.29, 0.717) is 12.8 Å². The van der Waals surface area contributed by atoms with Gasteiger partial charge >= 0.3 is 11.9 Å². The van der Waals surface area contributed by atoms with Crippen molar-refractivity contribution in [1.29, 1.82) is 0 Å². The van der Waals surface area contributed by atoms with E-state index in [4.69, 9.17) is 9.47 Å². The molecule has 3 rings (SSSR count). The van der Waals surface area contributed by atoms with Crippen molar-refractivity contribution < 1.29 is 23.9 Å². The Morgan fingerprint density at radius 3 is 2.67 bits per heavy atom. The topological polar surface area (TPSA) is 69.7 Å². The minimum Gasteiger partial charge on any atom is -0.469 e. The van der Waals surface area contributed by atoms with E-state index in [1.807, 2.05) is 25.1 Å². The molecule has 0 radical (unpaired) electrons. The maximum absolute atomic E-state index is 12.7. The van der Waals surface area contributed by atoms with Crippen LogP contribution < -0.4 is 0 Å². The minimum absolute atomic E-state index is 0.00620. The van der Waals surface area contributed by atoms with Crippen LogP contribution in [-0.2, 0) is 23.9 Å². The SMILES string of the molecule is COC(=O)C[C@]12CC(=O)CC[C@@H]1c1cccc(C)c1C2C(=O)OC. The molecule has 0 amide bonds. The van der Waals surface area contributed by atoms with Gasteiger partial charge in [-0.3, -0.25) is 14.4 Å². The predicted octanol–water partition coefficient (Wildman–Crippen LogP) is 2.65. The minimum atomic E-state index is -0.774. The molecule has 0 bridgehead atoms. The normalized spacial score (nSPS) is 28.0. The molecular formula is C19H22O5. The molecule has 0 spiro atoms. The van der Waals surface area contributed by atoms with Crippen LogP contribution in [0.15, 0.2) is 18.2 Å². The number of fused-ring (bicyclic) bond motifs is 3. The number of methoxy groups -OCH3 is 2. The highest BCUT2D eigenvalue weighted by Crippen LogP contribution is 2.63. The average molecular weight is 330 g/mol. The van der Waals surface area contributed by atoms with Gasteiger partial charge in [-0.05, 0) is 36.0 Å². The van der Waals surface area contributed by atoms with Crippen LogP contribution in [-0.4, -0.2) is 31.9 Å². The maximum atomic E-state index is 12.7. The largest absolute Gasteiger partial charge is 0.469 e. The van der Waals surface area contributed by atoms with E-state index in [2.05, 4.69) is 0 Å². The first-order chi connectivity index (χ1) is 11.4. The van der Waals surface area contributed by atoms with Crippen molar-refractivity contribution in [2.45, 2.75) is 44.4 Å². The molecule has 128 valence electrons. The van der Waals surface area contributed by atoms with Gasteiger partial charge < -0.3 is 9.47 Å². The summed E-state index contributed by atoms with van der Waals surface area (Å²) in [5, 5.41) is 0. The number of ether oxygens (including phenoxy) is 2. The first-order valence-corrected chi connectivity index (χ1v) is 8.20. The molecule has 2 aliphatic rings. The van der Waals surface area contributed by atoms with Crippen molar-refractivity contribution in [3.63, 3.8) is 0 Å². The molecule has 0 heterocycles. The molecule has 1 unspecified atom stereocenters. The summed E-state index contributed by atoms with van der Waals surface area (Å²) in [6.45, 7) is 1.96. The second-order valence-corrected chi connectivity index (χ2v) is 6.83. The summed E-state index contributed by atoms with van der Waals surface area (Å²) in [7, 11) is 2.68. The molecule has 3 atom stereocenters. The quantitative estimate of drug-likeness (QED) is 0.797. The average Bonchev–Trinajstić information content (AvgIpc) is 2.84. The maximum Gasteiger partial charge on any atom is 0.313 e. The first kappa shape index (κ1) is 16.7. The van der Waals surface area contributed by atoms with Gasteiger partial charge in [0, 0.05) is 18.3 Å². The van der Waals surface area contributed by atoms with Crippen LogP contribution in [0.5, 0.6) is 0 Å². The van der Waals surface area contributed by atoms with Crippen LogP contribution in [0.1, 0.15) is 54.2 Å². The second-order valence-electron chi connectivity index (χ2n) is 6.83. The summed E-state index contributed by atoms with van der Waals surface area (Å²) in [4.78, 5) is 37.1. The second kappa shape index (κ2) is 6.04. The molecule has 1 aromatic carbocycles. The number of ketones is 1. The number of esters is 2. The smallest absolute Gasteiger partial charge is 0.313 e. The zero-order valence-corrected chi connectivity index (χ0v) is 14.3. The number of Topliss-reactive ketones (excluding diaryl/α,β-unsaturated/α-hetero) is 1. The van der Waals surface area contributed by atoms with Gasteiger partial charge in [0.2, 0.25) is 0 Å².